The van der Waals surface area contributed by atoms with E-state index in [-0.39, 0.29) is 18.4 Å². The van der Waals surface area contributed by atoms with Crippen LogP contribution in [0.2, 0.25) is 0 Å². The minimum Gasteiger partial charge on any atom is -0.481 e. The van der Waals surface area contributed by atoms with Crippen LogP contribution in [0.3, 0.4) is 0 Å². The van der Waals surface area contributed by atoms with E-state index in [0.29, 0.717) is 18.8 Å². The molecule has 1 saturated carbocycles. The van der Waals surface area contributed by atoms with Crippen molar-refractivity contribution in [3.05, 3.63) is 0 Å². The molecule has 4 heteroatoms. The lowest BCUT2D eigenvalue weighted by atomic mass is 9.83. The Morgan fingerprint density at radius 1 is 1.47 bits per heavy atom. The zero-order valence-corrected chi connectivity index (χ0v) is 9.16. The topological polar surface area (TPSA) is 66.4 Å². The maximum Gasteiger partial charge on any atom is 0.305 e. The Bertz CT molecular complexity index is 236. The first-order chi connectivity index (χ1) is 7.11. The van der Waals surface area contributed by atoms with Gasteiger partial charge in [-0.15, -0.1) is 0 Å². The Morgan fingerprint density at radius 2 is 2.13 bits per heavy atom. The fourth-order valence-electron chi connectivity index (χ4n) is 1.75. The summed E-state index contributed by atoms with van der Waals surface area (Å²) in [4.78, 5) is 22.0. The number of nitrogens with one attached hydrogen (secondary N) is 1. The lowest BCUT2D eigenvalue weighted by Gasteiger charge is -2.25. The van der Waals surface area contributed by atoms with Gasteiger partial charge in [-0.3, -0.25) is 9.59 Å². The molecule has 0 aliphatic heterocycles. The van der Waals surface area contributed by atoms with Gasteiger partial charge < -0.3 is 10.4 Å². The summed E-state index contributed by atoms with van der Waals surface area (Å²) < 4.78 is 0. The molecule has 86 valence electrons. The van der Waals surface area contributed by atoms with Gasteiger partial charge in [0.2, 0.25) is 5.91 Å². The average molecular weight is 213 g/mol. The van der Waals surface area contributed by atoms with Crippen molar-refractivity contribution < 1.29 is 14.7 Å². The van der Waals surface area contributed by atoms with Gasteiger partial charge in [-0.1, -0.05) is 13.3 Å². The molecule has 15 heavy (non-hydrogen) atoms. The second-order valence-corrected chi connectivity index (χ2v) is 4.27. The molecule has 0 spiro atoms. The summed E-state index contributed by atoms with van der Waals surface area (Å²) in [5.41, 5.74) is 0. The Kier molecular flexibility index (Phi) is 4.59. The first kappa shape index (κ1) is 12.0. The SMILES string of the molecule is CCC(CC(=O)O)NC(=O)CC1CCC1. The number of rotatable bonds is 6. The van der Waals surface area contributed by atoms with E-state index >= 15 is 0 Å². The average Bonchev–Trinajstić information content (AvgIpc) is 2.09. The molecule has 0 heterocycles. The van der Waals surface area contributed by atoms with E-state index in [9.17, 15) is 9.59 Å². The maximum atomic E-state index is 11.5. The molecule has 1 fully saturated rings. The molecular weight excluding hydrogens is 194 g/mol. The molecular formula is C11H19NO3. The molecule has 1 amide bonds. The minimum atomic E-state index is -0.856. The van der Waals surface area contributed by atoms with Gasteiger partial charge in [0, 0.05) is 12.5 Å². The van der Waals surface area contributed by atoms with Crippen LogP contribution in [0.5, 0.6) is 0 Å². The van der Waals surface area contributed by atoms with Crippen molar-refractivity contribution in [1.29, 1.82) is 0 Å². The second-order valence-electron chi connectivity index (χ2n) is 4.27. The summed E-state index contributed by atoms with van der Waals surface area (Å²) in [6.45, 7) is 1.89. The largest absolute Gasteiger partial charge is 0.481 e. The van der Waals surface area contributed by atoms with Crippen LogP contribution in [-0.2, 0) is 9.59 Å². The Morgan fingerprint density at radius 3 is 2.53 bits per heavy atom. The van der Waals surface area contributed by atoms with Gasteiger partial charge in [-0.05, 0) is 25.2 Å². The molecule has 4 nitrogen and oxygen atoms in total. The summed E-state index contributed by atoms with van der Waals surface area (Å²) in [5, 5.41) is 11.4. The van der Waals surface area contributed by atoms with Crippen LogP contribution in [0.15, 0.2) is 0 Å². The van der Waals surface area contributed by atoms with Crippen molar-refractivity contribution >= 4 is 11.9 Å². The summed E-state index contributed by atoms with van der Waals surface area (Å²) in [7, 11) is 0. The van der Waals surface area contributed by atoms with E-state index in [1.165, 1.54) is 6.42 Å². The molecule has 0 radical (unpaired) electrons. The van der Waals surface area contributed by atoms with Crippen LogP contribution in [0, 0.1) is 5.92 Å². The minimum absolute atomic E-state index is 0.00722. The van der Waals surface area contributed by atoms with E-state index in [4.69, 9.17) is 5.11 Å². The summed E-state index contributed by atoms with van der Waals surface area (Å²) >= 11 is 0. The Balaban J connectivity index is 2.23. The standard InChI is InChI=1S/C11H19NO3/c1-2-9(7-11(14)15)12-10(13)6-8-4-3-5-8/h8-9H,2-7H2,1H3,(H,12,13)(H,14,15). The van der Waals surface area contributed by atoms with Crippen LogP contribution in [-0.4, -0.2) is 23.0 Å². The number of aliphatic carboxylic acids is 1. The highest BCUT2D eigenvalue weighted by Gasteiger charge is 2.22. The van der Waals surface area contributed by atoms with Crippen molar-refractivity contribution in [2.45, 2.75) is 51.5 Å². The zero-order chi connectivity index (χ0) is 11.3. The lowest BCUT2D eigenvalue weighted by molar-refractivity contribution is -0.137. The molecule has 1 aliphatic rings. The van der Waals surface area contributed by atoms with Crippen LogP contribution in [0.4, 0.5) is 0 Å². The van der Waals surface area contributed by atoms with Gasteiger partial charge in [0.1, 0.15) is 0 Å². The second kappa shape index (κ2) is 5.73. The van der Waals surface area contributed by atoms with Gasteiger partial charge in [0.25, 0.3) is 0 Å². The lowest BCUT2D eigenvalue weighted by Crippen LogP contribution is -2.37. The van der Waals surface area contributed by atoms with Crippen molar-refractivity contribution in [3.8, 4) is 0 Å². The molecule has 1 rings (SSSR count). The Labute approximate surface area is 90.0 Å². The molecule has 0 aromatic rings. The third-order valence-corrected chi connectivity index (χ3v) is 2.98. The number of carbonyl (C=O) groups is 2. The van der Waals surface area contributed by atoms with E-state index in [2.05, 4.69) is 5.32 Å². The predicted molar refractivity (Wildman–Crippen MR) is 56.4 cm³/mol. The molecule has 0 bridgehead atoms. The van der Waals surface area contributed by atoms with Crippen LogP contribution in [0.25, 0.3) is 0 Å². The van der Waals surface area contributed by atoms with Gasteiger partial charge in [-0.25, -0.2) is 0 Å². The van der Waals surface area contributed by atoms with Crippen LogP contribution < -0.4 is 5.32 Å². The zero-order valence-electron chi connectivity index (χ0n) is 9.16. The van der Waals surface area contributed by atoms with Crippen LogP contribution in [0.1, 0.15) is 45.4 Å². The normalized spacial score (nSPS) is 17.9. The van der Waals surface area contributed by atoms with Crippen molar-refractivity contribution in [1.82, 2.24) is 5.32 Å². The van der Waals surface area contributed by atoms with Crippen molar-refractivity contribution in [2.24, 2.45) is 5.92 Å². The van der Waals surface area contributed by atoms with Crippen LogP contribution >= 0.6 is 0 Å². The van der Waals surface area contributed by atoms with Gasteiger partial charge >= 0.3 is 5.97 Å². The monoisotopic (exact) mass is 213 g/mol. The third kappa shape index (κ3) is 4.32. The smallest absolute Gasteiger partial charge is 0.305 e. The number of hydrogen-bond donors (Lipinski definition) is 2. The number of amides is 1. The van der Waals surface area contributed by atoms with E-state index in [1.807, 2.05) is 6.92 Å². The predicted octanol–water partition coefficient (Wildman–Crippen LogP) is 1.55. The highest BCUT2D eigenvalue weighted by molar-refractivity contribution is 5.77. The molecule has 1 atom stereocenters. The third-order valence-electron chi connectivity index (χ3n) is 2.98. The van der Waals surface area contributed by atoms with E-state index in [0.717, 1.165) is 12.8 Å². The molecule has 0 aromatic heterocycles. The van der Waals surface area contributed by atoms with Gasteiger partial charge in [-0.2, -0.15) is 0 Å². The molecule has 0 saturated heterocycles. The first-order valence-electron chi connectivity index (χ1n) is 5.63. The summed E-state index contributed by atoms with van der Waals surface area (Å²) in [6, 6.07) is -0.213. The van der Waals surface area contributed by atoms with E-state index < -0.39 is 5.97 Å². The Hall–Kier alpha value is -1.06. The van der Waals surface area contributed by atoms with Crippen molar-refractivity contribution in [3.63, 3.8) is 0 Å². The number of carboxylic acid groups (broad SMARTS) is 1. The van der Waals surface area contributed by atoms with Crippen molar-refractivity contribution in [2.75, 3.05) is 0 Å². The number of carbonyl (C=O) groups excluding carboxylic acids is 1. The van der Waals surface area contributed by atoms with Gasteiger partial charge in [0.05, 0.1) is 6.42 Å². The number of hydrogen-bond acceptors (Lipinski definition) is 2. The maximum absolute atomic E-state index is 11.5. The first-order valence-corrected chi connectivity index (χ1v) is 5.63. The highest BCUT2D eigenvalue weighted by atomic mass is 16.4. The summed E-state index contributed by atoms with van der Waals surface area (Å²) in [5.74, 6) is -0.314. The molecule has 2 N–H and O–H groups in total. The molecule has 1 unspecified atom stereocenters. The highest BCUT2D eigenvalue weighted by Crippen LogP contribution is 2.29. The number of carboxylic acids is 1. The molecule has 0 aromatic carbocycles. The van der Waals surface area contributed by atoms with Gasteiger partial charge in [0.15, 0.2) is 0 Å². The fraction of sp³-hybridized carbons (Fsp3) is 0.818. The van der Waals surface area contributed by atoms with E-state index in [1.54, 1.807) is 0 Å². The molecule has 1 aliphatic carbocycles. The summed E-state index contributed by atoms with van der Waals surface area (Å²) in [6.07, 6.45) is 4.77. The fourth-order valence-corrected chi connectivity index (χ4v) is 1.75. The quantitative estimate of drug-likeness (QED) is 0.703.